The quantitative estimate of drug-likeness (QED) is 0.868. The number of ether oxygens (including phenoxy) is 1. The molecular formula is C12H16N4OS. The van der Waals surface area contributed by atoms with Crippen LogP contribution in [-0.4, -0.2) is 21.5 Å². The molecule has 0 aliphatic heterocycles. The van der Waals surface area contributed by atoms with Gasteiger partial charge in [0, 0.05) is 36.8 Å². The summed E-state index contributed by atoms with van der Waals surface area (Å²) in [6.45, 7) is 2.82. The fourth-order valence-corrected chi connectivity index (χ4v) is 2.11. The lowest BCUT2D eigenvalue weighted by Gasteiger charge is -2.04. The Kier molecular flexibility index (Phi) is 4.46. The van der Waals surface area contributed by atoms with Crippen molar-refractivity contribution < 1.29 is 4.74 Å². The van der Waals surface area contributed by atoms with Crippen molar-refractivity contribution in [2.75, 3.05) is 12.4 Å². The highest BCUT2D eigenvalue weighted by atomic mass is 32.1. The summed E-state index contributed by atoms with van der Waals surface area (Å²) in [5.41, 5.74) is 1.11. The number of nitrogens with zero attached hydrogens (tertiary/aromatic N) is 3. The van der Waals surface area contributed by atoms with Gasteiger partial charge in [-0.25, -0.2) is 9.97 Å². The van der Waals surface area contributed by atoms with Crippen LogP contribution < -0.4 is 10.1 Å². The fraction of sp³-hybridized carbons (Fsp3) is 0.417. The van der Waals surface area contributed by atoms with E-state index in [0.717, 1.165) is 29.4 Å². The molecule has 0 aromatic carbocycles. The van der Waals surface area contributed by atoms with Crippen LogP contribution in [0.2, 0.25) is 0 Å². The highest BCUT2D eigenvalue weighted by molar-refractivity contribution is 7.09. The van der Waals surface area contributed by atoms with E-state index in [2.05, 4.69) is 26.6 Å². The van der Waals surface area contributed by atoms with Gasteiger partial charge >= 0.3 is 0 Å². The number of hydrogen-bond donors (Lipinski definition) is 1. The Morgan fingerprint density at radius 1 is 1.44 bits per heavy atom. The van der Waals surface area contributed by atoms with Gasteiger partial charge in [0.25, 0.3) is 0 Å². The standard InChI is InChI=1S/C12H16N4OS/c1-3-4-10-15-12(18-16-10)14-8-9-5-6-13-11(7-9)17-2/h5-7H,3-4,8H2,1-2H3,(H,14,15,16). The second-order valence-electron chi connectivity index (χ2n) is 3.83. The van der Waals surface area contributed by atoms with Crippen molar-refractivity contribution >= 4 is 16.7 Å². The average Bonchev–Trinajstić information content (AvgIpc) is 2.85. The maximum atomic E-state index is 5.08. The number of anilines is 1. The van der Waals surface area contributed by atoms with E-state index >= 15 is 0 Å². The third-order valence-electron chi connectivity index (χ3n) is 2.39. The van der Waals surface area contributed by atoms with E-state index in [1.54, 1.807) is 13.3 Å². The summed E-state index contributed by atoms with van der Waals surface area (Å²) in [5.74, 6) is 1.54. The smallest absolute Gasteiger partial charge is 0.213 e. The predicted octanol–water partition coefficient (Wildman–Crippen LogP) is 2.51. The monoisotopic (exact) mass is 264 g/mol. The van der Waals surface area contributed by atoms with E-state index in [-0.39, 0.29) is 0 Å². The first-order valence-corrected chi connectivity index (χ1v) is 6.64. The first-order valence-electron chi connectivity index (χ1n) is 5.87. The Bertz CT molecular complexity index is 500. The van der Waals surface area contributed by atoms with Crippen molar-refractivity contribution in [2.45, 2.75) is 26.3 Å². The van der Waals surface area contributed by atoms with Crippen LogP contribution in [0.3, 0.4) is 0 Å². The van der Waals surface area contributed by atoms with Crippen molar-refractivity contribution in [3.63, 3.8) is 0 Å². The molecule has 2 aromatic rings. The Balaban J connectivity index is 1.93. The molecule has 0 saturated carbocycles. The maximum absolute atomic E-state index is 5.08. The molecule has 5 nitrogen and oxygen atoms in total. The molecule has 1 N–H and O–H groups in total. The molecule has 6 heteroatoms. The SMILES string of the molecule is CCCc1nsc(NCc2ccnc(OC)c2)n1. The van der Waals surface area contributed by atoms with Crippen LogP contribution in [0.25, 0.3) is 0 Å². The number of nitrogens with one attached hydrogen (secondary N) is 1. The minimum absolute atomic E-state index is 0.623. The van der Waals surface area contributed by atoms with Crippen LogP contribution in [0.5, 0.6) is 5.88 Å². The number of methoxy groups -OCH3 is 1. The molecule has 0 fully saturated rings. The van der Waals surface area contributed by atoms with Crippen LogP contribution >= 0.6 is 11.5 Å². The topological polar surface area (TPSA) is 59.9 Å². The summed E-state index contributed by atoms with van der Waals surface area (Å²) in [7, 11) is 1.61. The largest absolute Gasteiger partial charge is 0.481 e. The van der Waals surface area contributed by atoms with Crippen LogP contribution in [0, 0.1) is 0 Å². The summed E-state index contributed by atoms with van der Waals surface area (Å²) in [4.78, 5) is 8.47. The molecule has 2 heterocycles. The minimum Gasteiger partial charge on any atom is -0.481 e. The Morgan fingerprint density at radius 2 is 2.33 bits per heavy atom. The molecule has 96 valence electrons. The van der Waals surface area contributed by atoms with Crippen LogP contribution in [-0.2, 0) is 13.0 Å². The molecule has 0 amide bonds. The Labute approximate surface area is 110 Å². The number of aromatic nitrogens is 3. The van der Waals surface area contributed by atoms with Crippen molar-refractivity contribution in [1.29, 1.82) is 0 Å². The van der Waals surface area contributed by atoms with Crippen LogP contribution in [0.1, 0.15) is 24.7 Å². The van der Waals surface area contributed by atoms with Crippen molar-refractivity contribution in [1.82, 2.24) is 14.3 Å². The lowest BCUT2D eigenvalue weighted by atomic mass is 10.3. The number of pyridine rings is 1. The molecule has 0 aliphatic rings. The van der Waals surface area contributed by atoms with E-state index in [1.165, 1.54) is 11.5 Å². The summed E-state index contributed by atoms with van der Waals surface area (Å²) in [6, 6.07) is 3.85. The molecule has 0 radical (unpaired) electrons. The Hall–Kier alpha value is -1.69. The molecule has 0 spiro atoms. The van der Waals surface area contributed by atoms with Crippen molar-refractivity contribution in [2.24, 2.45) is 0 Å². The third kappa shape index (κ3) is 3.40. The minimum atomic E-state index is 0.623. The molecule has 0 unspecified atom stereocenters. The second kappa shape index (κ2) is 6.30. The number of hydrogen-bond acceptors (Lipinski definition) is 6. The van der Waals surface area contributed by atoms with Gasteiger partial charge in [-0.3, -0.25) is 0 Å². The molecule has 2 aromatic heterocycles. The molecule has 0 atom stereocenters. The van der Waals surface area contributed by atoms with Crippen LogP contribution in [0.4, 0.5) is 5.13 Å². The van der Waals surface area contributed by atoms with Gasteiger partial charge in [-0.2, -0.15) is 4.37 Å². The molecule has 2 rings (SSSR count). The molecular weight excluding hydrogens is 248 g/mol. The summed E-state index contributed by atoms with van der Waals surface area (Å²) >= 11 is 1.40. The van der Waals surface area contributed by atoms with Gasteiger partial charge in [0.2, 0.25) is 11.0 Å². The van der Waals surface area contributed by atoms with Gasteiger partial charge in [0.1, 0.15) is 5.82 Å². The van der Waals surface area contributed by atoms with E-state index < -0.39 is 0 Å². The summed E-state index contributed by atoms with van der Waals surface area (Å²) in [5, 5.41) is 4.11. The zero-order valence-corrected chi connectivity index (χ0v) is 11.3. The molecule has 0 bridgehead atoms. The van der Waals surface area contributed by atoms with E-state index in [9.17, 15) is 0 Å². The fourth-order valence-electron chi connectivity index (χ4n) is 1.50. The normalized spacial score (nSPS) is 10.3. The average molecular weight is 264 g/mol. The van der Waals surface area contributed by atoms with Gasteiger partial charge in [-0.05, 0) is 18.1 Å². The first kappa shape index (κ1) is 12.8. The van der Waals surface area contributed by atoms with Gasteiger partial charge in [-0.15, -0.1) is 0 Å². The molecule has 18 heavy (non-hydrogen) atoms. The van der Waals surface area contributed by atoms with Gasteiger partial charge in [-0.1, -0.05) is 6.92 Å². The number of rotatable bonds is 6. The lowest BCUT2D eigenvalue weighted by Crippen LogP contribution is -2.00. The summed E-state index contributed by atoms with van der Waals surface area (Å²) < 4.78 is 9.36. The van der Waals surface area contributed by atoms with Gasteiger partial charge in [0.05, 0.1) is 7.11 Å². The highest BCUT2D eigenvalue weighted by Gasteiger charge is 2.03. The van der Waals surface area contributed by atoms with Crippen molar-refractivity contribution in [3.8, 4) is 5.88 Å². The van der Waals surface area contributed by atoms with Crippen molar-refractivity contribution in [3.05, 3.63) is 29.7 Å². The lowest BCUT2D eigenvalue weighted by molar-refractivity contribution is 0.397. The third-order valence-corrected chi connectivity index (χ3v) is 3.10. The van der Waals surface area contributed by atoms with Crippen LogP contribution in [0.15, 0.2) is 18.3 Å². The van der Waals surface area contributed by atoms with E-state index in [1.807, 2.05) is 12.1 Å². The summed E-state index contributed by atoms with van der Waals surface area (Å²) in [6.07, 6.45) is 3.73. The first-order chi connectivity index (χ1) is 8.81. The molecule has 0 saturated heterocycles. The van der Waals surface area contributed by atoms with E-state index in [4.69, 9.17) is 4.74 Å². The van der Waals surface area contributed by atoms with Gasteiger partial charge < -0.3 is 10.1 Å². The maximum Gasteiger partial charge on any atom is 0.213 e. The highest BCUT2D eigenvalue weighted by Crippen LogP contribution is 2.15. The van der Waals surface area contributed by atoms with E-state index in [0.29, 0.717) is 12.4 Å². The zero-order chi connectivity index (χ0) is 12.8. The zero-order valence-electron chi connectivity index (χ0n) is 10.5. The molecule has 0 aliphatic carbocycles. The Morgan fingerprint density at radius 3 is 3.11 bits per heavy atom. The number of aryl methyl sites for hydroxylation is 1. The van der Waals surface area contributed by atoms with Gasteiger partial charge in [0.15, 0.2) is 0 Å². The predicted molar refractivity (Wildman–Crippen MR) is 72.0 cm³/mol. The second-order valence-corrected chi connectivity index (χ2v) is 4.58.